The van der Waals surface area contributed by atoms with E-state index >= 15 is 0 Å². The minimum absolute atomic E-state index is 0.646. The van der Waals surface area contributed by atoms with Crippen LogP contribution in [0.5, 0.6) is 0 Å². The van der Waals surface area contributed by atoms with Gasteiger partial charge in [0.15, 0.2) is 0 Å². The molecule has 0 fully saturated rings. The standard InChI is InChI=1S/C29H23NOP/c1-21-26-19-22(20-30)17-18-27(26)31-29(21)25-15-9-10-16-28(25)32(2,23-11-5-3-6-12-23)24-13-7-4-8-14-24/h3-19H,1-2H3/q+1. The van der Waals surface area contributed by atoms with Crippen molar-refractivity contribution in [3.63, 3.8) is 0 Å². The SMILES string of the molecule is Cc1c(-c2ccccc2[P+](C)(c2ccccc2)c2ccccc2)oc2ccc(C#N)cc12. The van der Waals surface area contributed by atoms with Crippen molar-refractivity contribution in [2.75, 3.05) is 6.66 Å². The van der Waals surface area contributed by atoms with Crippen molar-refractivity contribution < 1.29 is 4.42 Å². The first-order chi connectivity index (χ1) is 15.6. The van der Waals surface area contributed by atoms with Crippen molar-refractivity contribution in [3.8, 4) is 17.4 Å². The lowest BCUT2D eigenvalue weighted by molar-refractivity contribution is 0.629. The highest BCUT2D eigenvalue weighted by Gasteiger charge is 2.42. The second-order valence-electron chi connectivity index (χ2n) is 8.07. The number of benzene rings is 4. The van der Waals surface area contributed by atoms with E-state index in [4.69, 9.17) is 4.42 Å². The summed E-state index contributed by atoms with van der Waals surface area (Å²) in [7, 11) is -1.92. The molecule has 0 aliphatic heterocycles. The van der Waals surface area contributed by atoms with E-state index in [9.17, 15) is 5.26 Å². The fourth-order valence-corrected chi connectivity index (χ4v) is 7.92. The monoisotopic (exact) mass is 432 g/mol. The molecule has 0 spiro atoms. The van der Waals surface area contributed by atoms with E-state index in [0.717, 1.165) is 27.9 Å². The number of hydrogen-bond acceptors (Lipinski definition) is 2. The maximum Gasteiger partial charge on any atom is 0.142 e. The van der Waals surface area contributed by atoms with E-state index in [1.807, 2.05) is 18.2 Å². The number of nitriles is 1. The van der Waals surface area contributed by atoms with Crippen LogP contribution in [-0.4, -0.2) is 6.66 Å². The first-order valence-corrected chi connectivity index (χ1v) is 12.9. The summed E-state index contributed by atoms with van der Waals surface area (Å²) in [5, 5.41) is 14.3. The van der Waals surface area contributed by atoms with Gasteiger partial charge in [-0.25, -0.2) is 0 Å². The minimum Gasteiger partial charge on any atom is -0.456 e. The molecule has 5 aromatic rings. The van der Waals surface area contributed by atoms with Crippen molar-refractivity contribution in [1.82, 2.24) is 0 Å². The number of fused-ring (bicyclic) bond motifs is 1. The van der Waals surface area contributed by atoms with Crippen LogP contribution in [0.1, 0.15) is 11.1 Å². The molecule has 0 N–H and O–H groups in total. The maximum absolute atomic E-state index is 9.34. The highest BCUT2D eigenvalue weighted by molar-refractivity contribution is 7.95. The third-order valence-corrected chi connectivity index (χ3v) is 10.3. The third-order valence-electron chi connectivity index (χ3n) is 6.24. The Kier molecular flexibility index (Phi) is 5.14. The molecule has 2 nitrogen and oxygen atoms in total. The van der Waals surface area contributed by atoms with E-state index in [-0.39, 0.29) is 0 Å². The molecule has 4 aromatic carbocycles. The molecule has 0 bridgehead atoms. The number of aryl methyl sites for hydroxylation is 1. The molecule has 3 heteroatoms. The van der Waals surface area contributed by atoms with Gasteiger partial charge in [-0.15, -0.1) is 0 Å². The van der Waals surface area contributed by atoms with Crippen LogP contribution in [0.15, 0.2) is 108 Å². The molecule has 154 valence electrons. The third kappa shape index (κ3) is 3.23. The summed E-state index contributed by atoms with van der Waals surface area (Å²) >= 11 is 0. The molecule has 32 heavy (non-hydrogen) atoms. The Morgan fingerprint density at radius 1 is 0.750 bits per heavy atom. The number of nitrogens with zero attached hydrogens (tertiary/aromatic N) is 1. The van der Waals surface area contributed by atoms with Gasteiger partial charge in [-0.2, -0.15) is 5.26 Å². The van der Waals surface area contributed by atoms with E-state index in [0.29, 0.717) is 5.56 Å². The van der Waals surface area contributed by atoms with Gasteiger partial charge < -0.3 is 4.42 Å². The van der Waals surface area contributed by atoms with Gasteiger partial charge in [0, 0.05) is 10.9 Å². The Labute approximate surface area is 189 Å². The van der Waals surface area contributed by atoms with Crippen molar-refractivity contribution >= 4 is 34.1 Å². The van der Waals surface area contributed by atoms with Crippen LogP contribution < -0.4 is 15.9 Å². The Balaban J connectivity index is 1.80. The highest BCUT2D eigenvalue weighted by Crippen LogP contribution is 2.54. The van der Waals surface area contributed by atoms with Gasteiger partial charge in [-0.05, 0) is 61.5 Å². The molecular weight excluding hydrogens is 409 g/mol. The predicted octanol–water partition coefficient (Wildman–Crippen LogP) is 6.20. The summed E-state index contributed by atoms with van der Waals surface area (Å²) in [6, 6.07) is 38.0. The second-order valence-corrected chi connectivity index (χ2v) is 11.6. The van der Waals surface area contributed by atoms with Crippen molar-refractivity contribution in [1.29, 1.82) is 5.26 Å². The van der Waals surface area contributed by atoms with Gasteiger partial charge in [0.1, 0.15) is 34.5 Å². The van der Waals surface area contributed by atoms with Crippen LogP contribution in [0.2, 0.25) is 0 Å². The Bertz CT molecular complexity index is 1410. The molecule has 0 amide bonds. The molecule has 5 rings (SSSR count). The average Bonchev–Trinajstić information content (AvgIpc) is 3.20. The van der Waals surface area contributed by atoms with Gasteiger partial charge >= 0.3 is 0 Å². The lowest BCUT2D eigenvalue weighted by Crippen LogP contribution is -2.31. The molecule has 1 heterocycles. The van der Waals surface area contributed by atoms with Crippen molar-refractivity contribution in [3.05, 3.63) is 114 Å². The van der Waals surface area contributed by atoms with Gasteiger partial charge in [-0.1, -0.05) is 48.5 Å². The van der Waals surface area contributed by atoms with E-state index in [1.165, 1.54) is 15.9 Å². The Morgan fingerprint density at radius 3 is 1.97 bits per heavy atom. The van der Waals surface area contributed by atoms with Gasteiger partial charge in [0.05, 0.1) is 23.9 Å². The molecule has 0 saturated heterocycles. The zero-order valence-electron chi connectivity index (χ0n) is 18.1. The Hall–Kier alpha value is -3.66. The van der Waals surface area contributed by atoms with E-state index in [1.54, 1.807) is 0 Å². The minimum atomic E-state index is -1.92. The van der Waals surface area contributed by atoms with E-state index < -0.39 is 7.26 Å². The molecular formula is C29H23NOP+. The smallest absolute Gasteiger partial charge is 0.142 e. The van der Waals surface area contributed by atoms with Crippen LogP contribution in [0.3, 0.4) is 0 Å². The normalized spacial score (nSPS) is 11.4. The lowest BCUT2D eigenvalue weighted by atomic mass is 10.1. The molecule has 0 aliphatic carbocycles. The molecule has 0 aliphatic rings. The van der Waals surface area contributed by atoms with E-state index in [2.05, 4.69) is 105 Å². The van der Waals surface area contributed by atoms with Gasteiger partial charge in [0.25, 0.3) is 0 Å². The Morgan fingerprint density at radius 2 is 1.34 bits per heavy atom. The first kappa shape index (κ1) is 20.3. The average molecular weight is 432 g/mol. The zero-order chi connectivity index (χ0) is 22.1. The fourth-order valence-electron chi connectivity index (χ4n) is 4.48. The van der Waals surface area contributed by atoms with Gasteiger partial charge in [-0.3, -0.25) is 0 Å². The largest absolute Gasteiger partial charge is 0.456 e. The maximum atomic E-state index is 9.34. The topological polar surface area (TPSA) is 36.9 Å². The van der Waals surface area contributed by atoms with Crippen LogP contribution in [-0.2, 0) is 0 Å². The van der Waals surface area contributed by atoms with Gasteiger partial charge in [0.2, 0.25) is 0 Å². The van der Waals surface area contributed by atoms with Crippen LogP contribution in [0.25, 0.3) is 22.3 Å². The van der Waals surface area contributed by atoms with Crippen LogP contribution >= 0.6 is 7.26 Å². The summed E-state index contributed by atoms with van der Waals surface area (Å²) in [6.07, 6.45) is 0. The summed E-state index contributed by atoms with van der Waals surface area (Å²) in [4.78, 5) is 0. The summed E-state index contributed by atoms with van der Waals surface area (Å²) in [6.45, 7) is 4.47. The summed E-state index contributed by atoms with van der Waals surface area (Å²) in [5.74, 6) is 0.878. The molecule has 0 atom stereocenters. The zero-order valence-corrected chi connectivity index (χ0v) is 19.0. The van der Waals surface area contributed by atoms with Crippen molar-refractivity contribution in [2.45, 2.75) is 6.92 Å². The quantitative estimate of drug-likeness (QED) is 0.317. The number of rotatable bonds is 4. The lowest BCUT2D eigenvalue weighted by Gasteiger charge is -2.25. The predicted molar refractivity (Wildman–Crippen MR) is 136 cm³/mol. The van der Waals surface area contributed by atoms with Crippen LogP contribution in [0.4, 0.5) is 0 Å². The summed E-state index contributed by atoms with van der Waals surface area (Å²) < 4.78 is 6.40. The molecule has 0 radical (unpaired) electrons. The first-order valence-electron chi connectivity index (χ1n) is 10.6. The summed E-state index contributed by atoms with van der Waals surface area (Å²) in [5.41, 5.74) is 3.64. The number of furan rings is 1. The molecule has 0 unspecified atom stereocenters. The van der Waals surface area contributed by atoms with Crippen LogP contribution in [0, 0.1) is 18.3 Å². The number of hydrogen-bond donors (Lipinski definition) is 0. The molecule has 0 saturated carbocycles. The fraction of sp³-hybridized carbons (Fsp3) is 0.0690. The molecule has 1 aromatic heterocycles. The van der Waals surface area contributed by atoms with Crippen molar-refractivity contribution in [2.24, 2.45) is 0 Å². The second kappa shape index (κ2) is 8.12. The highest BCUT2D eigenvalue weighted by atomic mass is 31.2.